The molecule has 1 N–H and O–H groups in total. The third-order valence-electron chi connectivity index (χ3n) is 1.94. The molecule has 1 aromatic carbocycles. The number of hydrogen-bond donors (Lipinski definition) is 1. The molecule has 2 rings (SSSR count). The van der Waals surface area contributed by atoms with Crippen molar-refractivity contribution in [2.75, 3.05) is 6.54 Å². The van der Waals surface area contributed by atoms with Crippen LogP contribution >= 0.6 is 12.4 Å². The number of rotatable bonds is 0. The Morgan fingerprint density at radius 3 is 2.75 bits per heavy atom. The van der Waals surface area contributed by atoms with Crippen LogP contribution in [0.15, 0.2) is 24.3 Å². The van der Waals surface area contributed by atoms with E-state index in [4.69, 9.17) is 0 Å². The lowest BCUT2D eigenvalue weighted by molar-refractivity contribution is 0.0946. The maximum Gasteiger partial charge on any atom is 0.251 e. The zero-order valence-electron chi connectivity index (χ0n) is 6.54. The average molecular weight is 184 g/mol. The Morgan fingerprint density at radius 2 is 2.00 bits per heavy atom. The van der Waals surface area contributed by atoms with Gasteiger partial charge in [-0.3, -0.25) is 4.79 Å². The van der Waals surface area contributed by atoms with E-state index in [2.05, 4.69) is 5.32 Å². The van der Waals surface area contributed by atoms with Gasteiger partial charge in [0.15, 0.2) is 0 Å². The number of amides is 1. The molecule has 0 saturated heterocycles. The van der Waals surface area contributed by atoms with Crippen molar-refractivity contribution in [2.45, 2.75) is 6.42 Å². The van der Waals surface area contributed by atoms with E-state index in [0.29, 0.717) is 0 Å². The Bertz CT molecular complexity index is 298. The summed E-state index contributed by atoms with van der Waals surface area (Å²) in [5.74, 6) is 0.0619. The minimum Gasteiger partial charge on any atom is -0.352 e. The lowest BCUT2D eigenvalue weighted by Crippen LogP contribution is -2.31. The molecule has 0 fully saturated rings. The van der Waals surface area contributed by atoms with Crippen molar-refractivity contribution in [1.82, 2.24) is 5.32 Å². The van der Waals surface area contributed by atoms with E-state index in [-0.39, 0.29) is 18.3 Å². The third-order valence-corrected chi connectivity index (χ3v) is 1.94. The molecule has 0 aromatic heterocycles. The van der Waals surface area contributed by atoms with Gasteiger partial charge in [0, 0.05) is 12.1 Å². The smallest absolute Gasteiger partial charge is 0.251 e. The summed E-state index contributed by atoms with van der Waals surface area (Å²) in [7, 11) is 0. The van der Waals surface area contributed by atoms with Crippen molar-refractivity contribution < 1.29 is 4.79 Å². The van der Waals surface area contributed by atoms with E-state index < -0.39 is 0 Å². The van der Waals surface area contributed by atoms with Crippen LogP contribution < -0.4 is 5.32 Å². The van der Waals surface area contributed by atoms with Crippen LogP contribution in [-0.4, -0.2) is 12.5 Å². The highest BCUT2D eigenvalue weighted by Gasteiger charge is 2.14. The maximum atomic E-state index is 11.2. The first-order valence-electron chi connectivity index (χ1n) is 3.74. The lowest BCUT2D eigenvalue weighted by Gasteiger charge is -2.15. The molecule has 0 atom stereocenters. The second-order valence-electron chi connectivity index (χ2n) is 2.66. The van der Waals surface area contributed by atoms with Gasteiger partial charge in [-0.1, -0.05) is 18.2 Å². The van der Waals surface area contributed by atoms with Crippen LogP contribution in [-0.2, 0) is 6.42 Å². The molecule has 1 aliphatic rings. The molecular weight excluding hydrogens is 174 g/mol. The maximum absolute atomic E-state index is 11.2. The molecule has 64 valence electrons. The molecule has 0 spiro atoms. The van der Waals surface area contributed by atoms with Gasteiger partial charge in [0.2, 0.25) is 0 Å². The quantitative estimate of drug-likeness (QED) is 0.647. The predicted molar refractivity (Wildman–Crippen MR) is 49.7 cm³/mol. The predicted octanol–water partition coefficient (Wildman–Crippen LogP) is 1.39. The van der Waals surface area contributed by atoms with Crippen LogP contribution in [0.5, 0.6) is 0 Å². The first-order valence-corrected chi connectivity index (χ1v) is 3.74. The molecule has 0 radical (unpaired) electrons. The Morgan fingerprint density at radius 1 is 1.25 bits per heavy atom. The van der Waals surface area contributed by atoms with Crippen LogP contribution in [0.1, 0.15) is 15.9 Å². The van der Waals surface area contributed by atoms with E-state index in [1.54, 1.807) is 0 Å². The highest BCUT2D eigenvalue weighted by atomic mass is 35.5. The fraction of sp³-hybridized carbons (Fsp3) is 0.222. The zero-order valence-corrected chi connectivity index (χ0v) is 7.36. The summed E-state index contributed by atoms with van der Waals surface area (Å²) >= 11 is 0. The zero-order chi connectivity index (χ0) is 7.68. The van der Waals surface area contributed by atoms with Crippen molar-refractivity contribution >= 4 is 18.3 Å². The Kier molecular flexibility index (Phi) is 2.71. The summed E-state index contributed by atoms with van der Waals surface area (Å²) in [5, 5.41) is 2.80. The van der Waals surface area contributed by atoms with Gasteiger partial charge in [0.05, 0.1) is 0 Å². The van der Waals surface area contributed by atoms with Crippen LogP contribution in [0.25, 0.3) is 0 Å². The molecule has 1 amide bonds. The van der Waals surface area contributed by atoms with E-state index in [1.807, 2.05) is 24.3 Å². The average Bonchev–Trinajstić information content (AvgIpc) is 2.06. The third kappa shape index (κ3) is 1.43. The highest BCUT2D eigenvalue weighted by Crippen LogP contribution is 2.11. The van der Waals surface area contributed by atoms with Crippen LogP contribution in [0, 0.1) is 0 Å². The molecule has 0 aliphatic carbocycles. The van der Waals surface area contributed by atoms with Gasteiger partial charge in [-0.25, -0.2) is 0 Å². The van der Waals surface area contributed by atoms with E-state index in [9.17, 15) is 4.79 Å². The summed E-state index contributed by atoms with van der Waals surface area (Å²) < 4.78 is 0. The molecule has 0 unspecified atom stereocenters. The molecule has 3 heteroatoms. The number of benzene rings is 1. The van der Waals surface area contributed by atoms with E-state index in [0.717, 1.165) is 24.1 Å². The van der Waals surface area contributed by atoms with Gasteiger partial charge in [-0.15, -0.1) is 12.4 Å². The Labute approximate surface area is 77.4 Å². The number of carbonyl (C=O) groups is 1. The summed E-state index contributed by atoms with van der Waals surface area (Å²) in [5.41, 5.74) is 2.00. The Hall–Kier alpha value is -1.02. The topological polar surface area (TPSA) is 29.1 Å². The molecule has 1 heterocycles. The molecule has 0 bridgehead atoms. The second kappa shape index (κ2) is 3.59. The minimum absolute atomic E-state index is 0. The second-order valence-corrected chi connectivity index (χ2v) is 2.66. The molecule has 1 aromatic rings. The SMILES string of the molecule is Cl.O=C1NCCc2ccccc21. The van der Waals surface area contributed by atoms with Crippen LogP contribution in [0.4, 0.5) is 0 Å². The molecule has 0 saturated carbocycles. The largest absolute Gasteiger partial charge is 0.352 e. The number of halogens is 1. The summed E-state index contributed by atoms with van der Waals surface area (Å²) in [6.07, 6.45) is 0.960. The molecular formula is C9H10ClNO. The van der Waals surface area contributed by atoms with Gasteiger partial charge >= 0.3 is 0 Å². The molecule has 2 nitrogen and oxygen atoms in total. The van der Waals surface area contributed by atoms with Crippen molar-refractivity contribution in [3.8, 4) is 0 Å². The summed E-state index contributed by atoms with van der Waals surface area (Å²) in [6, 6.07) is 7.74. The van der Waals surface area contributed by atoms with Gasteiger partial charge < -0.3 is 5.32 Å². The number of carbonyl (C=O) groups excluding carboxylic acids is 1. The van der Waals surface area contributed by atoms with Gasteiger partial charge in [0.1, 0.15) is 0 Å². The van der Waals surface area contributed by atoms with Gasteiger partial charge in [-0.2, -0.15) is 0 Å². The van der Waals surface area contributed by atoms with Gasteiger partial charge in [0.25, 0.3) is 5.91 Å². The van der Waals surface area contributed by atoms with Crippen molar-refractivity contribution in [2.24, 2.45) is 0 Å². The van der Waals surface area contributed by atoms with Crippen molar-refractivity contribution in [3.63, 3.8) is 0 Å². The van der Waals surface area contributed by atoms with Crippen LogP contribution in [0.3, 0.4) is 0 Å². The lowest BCUT2D eigenvalue weighted by atomic mass is 10.0. The van der Waals surface area contributed by atoms with Gasteiger partial charge in [-0.05, 0) is 18.1 Å². The first-order chi connectivity index (χ1) is 5.38. The van der Waals surface area contributed by atoms with E-state index >= 15 is 0 Å². The summed E-state index contributed by atoms with van der Waals surface area (Å²) in [4.78, 5) is 11.2. The minimum atomic E-state index is 0. The highest BCUT2D eigenvalue weighted by molar-refractivity contribution is 5.96. The van der Waals surface area contributed by atoms with Crippen molar-refractivity contribution in [3.05, 3.63) is 35.4 Å². The summed E-state index contributed by atoms with van der Waals surface area (Å²) in [6.45, 7) is 0.774. The Balaban J connectivity index is 0.000000720. The monoisotopic (exact) mass is 183 g/mol. The van der Waals surface area contributed by atoms with Crippen molar-refractivity contribution in [1.29, 1.82) is 0 Å². The first kappa shape index (κ1) is 9.07. The normalized spacial score (nSPS) is 14.2. The number of hydrogen-bond acceptors (Lipinski definition) is 1. The fourth-order valence-corrected chi connectivity index (χ4v) is 1.37. The fourth-order valence-electron chi connectivity index (χ4n) is 1.37. The van der Waals surface area contributed by atoms with E-state index in [1.165, 1.54) is 0 Å². The molecule has 12 heavy (non-hydrogen) atoms. The standard InChI is InChI=1S/C9H9NO.ClH/c11-9-8-4-2-1-3-7(8)5-6-10-9;/h1-4H,5-6H2,(H,10,11);1H. The molecule has 1 aliphatic heterocycles. The number of nitrogens with one attached hydrogen (secondary N) is 1. The number of fused-ring (bicyclic) bond motifs is 1. The van der Waals surface area contributed by atoms with Crippen LogP contribution in [0.2, 0.25) is 0 Å².